The first-order chi connectivity index (χ1) is 5.99. The Morgan fingerprint density at radius 1 is 1.54 bits per heavy atom. The predicted molar refractivity (Wildman–Crippen MR) is 53.5 cm³/mol. The molecule has 0 aliphatic heterocycles. The van der Waals surface area contributed by atoms with Gasteiger partial charge in [0.25, 0.3) is 0 Å². The van der Waals surface area contributed by atoms with Crippen molar-refractivity contribution in [2.24, 2.45) is 0 Å². The molecule has 3 nitrogen and oxygen atoms in total. The SMILES string of the molecule is CCNC(C)(C)C(=O)N(C)C1CC1. The Labute approximate surface area is 80.5 Å². The summed E-state index contributed by atoms with van der Waals surface area (Å²) in [5.74, 6) is 0.205. The van der Waals surface area contributed by atoms with Crippen molar-refractivity contribution in [2.45, 2.75) is 45.2 Å². The van der Waals surface area contributed by atoms with Gasteiger partial charge in [0.1, 0.15) is 0 Å². The van der Waals surface area contributed by atoms with E-state index in [2.05, 4.69) is 5.32 Å². The molecule has 0 aromatic rings. The summed E-state index contributed by atoms with van der Waals surface area (Å²) in [5, 5.41) is 3.19. The first-order valence-electron chi connectivity index (χ1n) is 5.01. The Morgan fingerprint density at radius 2 is 2.08 bits per heavy atom. The highest BCUT2D eigenvalue weighted by Crippen LogP contribution is 2.27. The lowest BCUT2D eigenvalue weighted by Gasteiger charge is -2.30. The quantitative estimate of drug-likeness (QED) is 0.707. The van der Waals surface area contributed by atoms with Crippen LogP contribution in [0.5, 0.6) is 0 Å². The van der Waals surface area contributed by atoms with Crippen LogP contribution < -0.4 is 5.32 Å². The van der Waals surface area contributed by atoms with E-state index in [9.17, 15) is 4.79 Å². The van der Waals surface area contributed by atoms with Crippen molar-refractivity contribution in [1.29, 1.82) is 0 Å². The molecule has 0 unspecified atom stereocenters. The fourth-order valence-electron chi connectivity index (χ4n) is 1.59. The number of likely N-dealkylation sites (N-methyl/N-ethyl adjacent to an activating group) is 2. The Kier molecular flexibility index (Phi) is 2.96. The highest BCUT2D eigenvalue weighted by Gasteiger charge is 2.36. The van der Waals surface area contributed by atoms with E-state index in [4.69, 9.17) is 0 Å². The summed E-state index contributed by atoms with van der Waals surface area (Å²) in [4.78, 5) is 13.8. The van der Waals surface area contributed by atoms with Gasteiger partial charge in [-0.1, -0.05) is 6.92 Å². The minimum Gasteiger partial charge on any atom is -0.341 e. The minimum atomic E-state index is -0.411. The van der Waals surface area contributed by atoms with Crippen LogP contribution in [0.2, 0.25) is 0 Å². The lowest BCUT2D eigenvalue weighted by atomic mass is 10.0. The van der Waals surface area contributed by atoms with Crippen LogP contribution in [0.15, 0.2) is 0 Å². The standard InChI is InChI=1S/C10H20N2O/c1-5-11-10(2,3)9(13)12(4)8-6-7-8/h8,11H,5-7H2,1-4H3. The third-order valence-corrected chi connectivity index (χ3v) is 2.57. The fraction of sp³-hybridized carbons (Fsp3) is 0.900. The van der Waals surface area contributed by atoms with Crippen molar-refractivity contribution in [2.75, 3.05) is 13.6 Å². The number of carbonyl (C=O) groups excluding carboxylic acids is 1. The molecule has 0 heterocycles. The molecule has 0 spiro atoms. The molecular formula is C10H20N2O. The Morgan fingerprint density at radius 3 is 2.46 bits per heavy atom. The summed E-state index contributed by atoms with van der Waals surface area (Å²) < 4.78 is 0. The van der Waals surface area contributed by atoms with Gasteiger partial charge in [0.05, 0.1) is 5.54 Å². The molecular weight excluding hydrogens is 164 g/mol. The summed E-state index contributed by atoms with van der Waals surface area (Å²) in [6.07, 6.45) is 2.34. The largest absolute Gasteiger partial charge is 0.341 e. The Hall–Kier alpha value is -0.570. The second-order valence-corrected chi connectivity index (χ2v) is 4.30. The van der Waals surface area contributed by atoms with Crippen LogP contribution in [0.25, 0.3) is 0 Å². The maximum atomic E-state index is 11.9. The van der Waals surface area contributed by atoms with E-state index < -0.39 is 5.54 Å². The van der Waals surface area contributed by atoms with Crippen LogP contribution in [-0.4, -0.2) is 36.0 Å². The van der Waals surface area contributed by atoms with Crippen LogP contribution in [0.4, 0.5) is 0 Å². The van der Waals surface area contributed by atoms with Crippen LogP contribution in [-0.2, 0) is 4.79 Å². The highest BCUT2D eigenvalue weighted by molar-refractivity contribution is 5.85. The third-order valence-electron chi connectivity index (χ3n) is 2.57. The summed E-state index contributed by atoms with van der Waals surface area (Å²) in [6, 6.07) is 0.505. The average molecular weight is 184 g/mol. The fourth-order valence-corrected chi connectivity index (χ4v) is 1.59. The third kappa shape index (κ3) is 2.44. The van der Waals surface area contributed by atoms with Gasteiger partial charge in [-0.05, 0) is 33.2 Å². The van der Waals surface area contributed by atoms with Crippen LogP contribution in [0.3, 0.4) is 0 Å². The molecule has 1 fully saturated rings. The molecule has 0 atom stereocenters. The van der Waals surface area contributed by atoms with Gasteiger partial charge in [0, 0.05) is 13.1 Å². The zero-order valence-corrected chi connectivity index (χ0v) is 9.05. The number of amides is 1. The molecule has 76 valence electrons. The number of hydrogen-bond acceptors (Lipinski definition) is 2. The summed E-state index contributed by atoms with van der Waals surface area (Å²) in [6.45, 7) is 6.73. The molecule has 1 rings (SSSR count). The number of nitrogens with zero attached hydrogens (tertiary/aromatic N) is 1. The molecule has 1 saturated carbocycles. The zero-order valence-electron chi connectivity index (χ0n) is 9.05. The normalized spacial score (nSPS) is 17.2. The topological polar surface area (TPSA) is 32.3 Å². The van der Waals surface area contributed by atoms with Gasteiger partial charge < -0.3 is 10.2 Å². The second-order valence-electron chi connectivity index (χ2n) is 4.30. The molecule has 0 saturated heterocycles. The van der Waals surface area contributed by atoms with Crippen molar-refractivity contribution in [1.82, 2.24) is 10.2 Å². The van der Waals surface area contributed by atoms with Gasteiger partial charge in [-0.15, -0.1) is 0 Å². The Bertz CT molecular complexity index is 197. The van der Waals surface area contributed by atoms with Crippen LogP contribution in [0.1, 0.15) is 33.6 Å². The summed E-state index contributed by atoms with van der Waals surface area (Å²) in [7, 11) is 1.90. The van der Waals surface area contributed by atoms with Crippen LogP contribution in [0, 0.1) is 0 Å². The number of hydrogen-bond donors (Lipinski definition) is 1. The molecule has 0 aromatic carbocycles. The molecule has 1 aliphatic rings. The molecule has 13 heavy (non-hydrogen) atoms. The van der Waals surface area contributed by atoms with Gasteiger partial charge in [0.15, 0.2) is 0 Å². The highest BCUT2D eigenvalue weighted by atomic mass is 16.2. The van der Waals surface area contributed by atoms with Gasteiger partial charge in [-0.3, -0.25) is 4.79 Å². The molecule has 3 heteroatoms. The lowest BCUT2D eigenvalue weighted by molar-refractivity contribution is -0.136. The van der Waals surface area contributed by atoms with Crippen molar-refractivity contribution < 1.29 is 4.79 Å². The molecule has 1 aliphatic carbocycles. The van der Waals surface area contributed by atoms with E-state index in [-0.39, 0.29) is 5.91 Å². The summed E-state index contributed by atoms with van der Waals surface area (Å²) >= 11 is 0. The monoisotopic (exact) mass is 184 g/mol. The van der Waals surface area contributed by atoms with Gasteiger partial charge in [0.2, 0.25) is 5.91 Å². The van der Waals surface area contributed by atoms with Gasteiger partial charge in [-0.25, -0.2) is 0 Å². The average Bonchev–Trinajstić information content (AvgIpc) is 2.84. The van der Waals surface area contributed by atoms with E-state index in [1.165, 1.54) is 12.8 Å². The van der Waals surface area contributed by atoms with Crippen molar-refractivity contribution >= 4 is 5.91 Å². The van der Waals surface area contributed by atoms with Gasteiger partial charge in [-0.2, -0.15) is 0 Å². The number of rotatable bonds is 4. The molecule has 0 aromatic heterocycles. The molecule has 1 amide bonds. The van der Waals surface area contributed by atoms with E-state index in [0.29, 0.717) is 6.04 Å². The maximum absolute atomic E-state index is 11.9. The number of nitrogens with one attached hydrogen (secondary N) is 1. The zero-order chi connectivity index (χ0) is 10.1. The van der Waals surface area contributed by atoms with E-state index in [0.717, 1.165) is 6.54 Å². The minimum absolute atomic E-state index is 0.205. The van der Waals surface area contributed by atoms with Crippen molar-refractivity contribution in [3.05, 3.63) is 0 Å². The maximum Gasteiger partial charge on any atom is 0.242 e. The first kappa shape index (κ1) is 10.5. The predicted octanol–water partition coefficient (Wildman–Crippen LogP) is 0.995. The number of carbonyl (C=O) groups is 1. The van der Waals surface area contributed by atoms with Crippen molar-refractivity contribution in [3.8, 4) is 0 Å². The van der Waals surface area contributed by atoms with Crippen LogP contribution >= 0.6 is 0 Å². The lowest BCUT2D eigenvalue weighted by Crippen LogP contribution is -2.53. The Balaban J connectivity index is 2.53. The van der Waals surface area contributed by atoms with E-state index in [1.807, 2.05) is 32.7 Å². The first-order valence-corrected chi connectivity index (χ1v) is 5.01. The van der Waals surface area contributed by atoms with E-state index >= 15 is 0 Å². The molecule has 0 bridgehead atoms. The van der Waals surface area contributed by atoms with E-state index in [1.54, 1.807) is 0 Å². The molecule has 0 radical (unpaired) electrons. The smallest absolute Gasteiger partial charge is 0.242 e. The summed E-state index contributed by atoms with van der Waals surface area (Å²) in [5.41, 5.74) is -0.411. The molecule has 1 N–H and O–H groups in total. The second kappa shape index (κ2) is 3.66. The van der Waals surface area contributed by atoms with Gasteiger partial charge >= 0.3 is 0 Å². The van der Waals surface area contributed by atoms with Crippen molar-refractivity contribution in [3.63, 3.8) is 0 Å².